The number of benzene rings is 2. The normalized spacial score (nSPS) is 16.3. The number of hydrogen-bond acceptors (Lipinski definition) is 5. The number of amides is 1. The summed E-state index contributed by atoms with van der Waals surface area (Å²) < 4.78 is 5.90. The van der Waals surface area contributed by atoms with E-state index < -0.39 is 0 Å². The van der Waals surface area contributed by atoms with Gasteiger partial charge in [-0.2, -0.15) is 0 Å². The molecule has 4 rings (SSSR count). The topological polar surface area (TPSA) is 67.4 Å². The van der Waals surface area contributed by atoms with Crippen molar-refractivity contribution >= 4 is 17.5 Å². The van der Waals surface area contributed by atoms with E-state index in [0.717, 1.165) is 19.5 Å². The zero-order chi connectivity index (χ0) is 20.1. The van der Waals surface area contributed by atoms with Crippen molar-refractivity contribution in [3.05, 3.63) is 72.6 Å². The highest BCUT2D eigenvalue weighted by Gasteiger charge is 2.19. The van der Waals surface area contributed by atoms with Crippen LogP contribution in [0.5, 0.6) is 11.5 Å². The van der Waals surface area contributed by atoms with Gasteiger partial charge in [0.25, 0.3) is 5.91 Å². The Balaban J connectivity index is 1.46. The summed E-state index contributed by atoms with van der Waals surface area (Å²) >= 11 is 0. The lowest BCUT2D eigenvalue weighted by molar-refractivity contribution is 0.102. The summed E-state index contributed by atoms with van der Waals surface area (Å²) in [5.74, 6) is 2.33. The fraction of sp³-hybridized carbons (Fsp3) is 0.261. The molecule has 6 nitrogen and oxygen atoms in total. The van der Waals surface area contributed by atoms with Crippen molar-refractivity contribution in [3.8, 4) is 11.5 Å². The molecule has 1 aliphatic heterocycles. The van der Waals surface area contributed by atoms with Crippen LogP contribution in [0.25, 0.3) is 0 Å². The standard InChI is InChI=1S/C23H24N4O2/c1-17-8-7-13-27(16-17)23-24-14-18(15-25-23)22(28)26-20-11-5-6-12-21(20)29-19-9-3-2-4-10-19/h2-6,9-12,14-15,17H,7-8,13,16H2,1H3,(H,26,28). The molecule has 148 valence electrons. The minimum Gasteiger partial charge on any atom is -0.455 e. The van der Waals surface area contributed by atoms with Crippen molar-refractivity contribution in [1.29, 1.82) is 0 Å². The van der Waals surface area contributed by atoms with E-state index in [0.29, 0.717) is 34.6 Å². The number of hydrogen-bond donors (Lipinski definition) is 1. The van der Waals surface area contributed by atoms with Gasteiger partial charge in [-0.3, -0.25) is 4.79 Å². The third-order valence-corrected chi connectivity index (χ3v) is 4.95. The smallest absolute Gasteiger partial charge is 0.258 e. The number of carbonyl (C=O) groups is 1. The Hall–Kier alpha value is -3.41. The Morgan fingerprint density at radius 1 is 1.07 bits per heavy atom. The van der Waals surface area contributed by atoms with E-state index in [1.54, 1.807) is 18.5 Å². The van der Waals surface area contributed by atoms with E-state index in [-0.39, 0.29) is 5.91 Å². The number of aromatic nitrogens is 2. The fourth-order valence-electron chi connectivity index (χ4n) is 3.44. The molecular formula is C23H24N4O2. The van der Waals surface area contributed by atoms with Crippen LogP contribution in [-0.4, -0.2) is 29.0 Å². The third-order valence-electron chi connectivity index (χ3n) is 4.95. The monoisotopic (exact) mass is 388 g/mol. The summed E-state index contributed by atoms with van der Waals surface area (Å²) in [4.78, 5) is 23.7. The molecule has 1 aromatic heterocycles. The molecule has 29 heavy (non-hydrogen) atoms. The number of nitrogens with zero attached hydrogens (tertiary/aromatic N) is 3. The van der Waals surface area contributed by atoms with Crippen molar-refractivity contribution in [2.24, 2.45) is 5.92 Å². The van der Waals surface area contributed by atoms with Crippen LogP contribution in [0.3, 0.4) is 0 Å². The van der Waals surface area contributed by atoms with E-state index >= 15 is 0 Å². The van der Waals surface area contributed by atoms with E-state index in [4.69, 9.17) is 4.74 Å². The molecule has 3 aromatic rings. The van der Waals surface area contributed by atoms with Gasteiger partial charge in [-0.25, -0.2) is 9.97 Å². The van der Waals surface area contributed by atoms with Crippen LogP contribution in [0.15, 0.2) is 67.0 Å². The van der Waals surface area contributed by atoms with Gasteiger partial charge >= 0.3 is 0 Å². The van der Waals surface area contributed by atoms with Crippen molar-refractivity contribution in [1.82, 2.24) is 9.97 Å². The van der Waals surface area contributed by atoms with Gasteiger partial charge in [-0.05, 0) is 43.0 Å². The summed E-state index contributed by atoms with van der Waals surface area (Å²) in [6, 6.07) is 16.8. The SMILES string of the molecule is CC1CCCN(c2ncc(C(=O)Nc3ccccc3Oc3ccccc3)cn2)C1. The lowest BCUT2D eigenvalue weighted by atomic mass is 10.0. The van der Waals surface area contributed by atoms with Crippen molar-refractivity contribution in [2.45, 2.75) is 19.8 Å². The van der Waals surface area contributed by atoms with Gasteiger partial charge in [-0.15, -0.1) is 0 Å². The first-order valence-electron chi connectivity index (χ1n) is 9.89. The fourth-order valence-corrected chi connectivity index (χ4v) is 3.44. The summed E-state index contributed by atoms with van der Waals surface area (Å²) in [7, 11) is 0. The molecule has 0 radical (unpaired) electrons. The van der Waals surface area contributed by atoms with E-state index in [1.165, 1.54) is 6.42 Å². The highest BCUT2D eigenvalue weighted by atomic mass is 16.5. The molecule has 1 unspecified atom stereocenters. The van der Waals surface area contributed by atoms with Crippen LogP contribution in [0, 0.1) is 5.92 Å². The van der Waals surface area contributed by atoms with Crippen LogP contribution < -0.4 is 15.0 Å². The maximum atomic E-state index is 12.7. The number of para-hydroxylation sites is 3. The highest BCUT2D eigenvalue weighted by Crippen LogP contribution is 2.29. The van der Waals surface area contributed by atoms with Gasteiger partial charge in [0.05, 0.1) is 11.3 Å². The molecule has 2 aromatic carbocycles. The molecule has 6 heteroatoms. The lowest BCUT2D eigenvalue weighted by Crippen LogP contribution is -2.35. The zero-order valence-electron chi connectivity index (χ0n) is 16.4. The van der Waals surface area contributed by atoms with Crippen LogP contribution in [0.4, 0.5) is 11.6 Å². The molecule has 0 spiro atoms. The Bertz CT molecular complexity index is 960. The second-order valence-corrected chi connectivity index (χ2v) is 7.33. The number of piperidine rings is 1. The molecule has 1 N–H and O–H groups in total. The Morgan fingerprint density at radius 2 is 1.79 bits per heavy atom. The maximum Gasteiger partial charge on any atom is 0.258 e. The molecule has 1 aliphatic rings. The highest BCUT2D eigenvalue weighted by molar-refractivity contribution is 6.04. The quantitative estimate of drug-likeness (QED) is 0.683. The molecule has 1 amide bonds. The minimum absolute atomic E-state index is 0.271. The second-order valence-electron chi connectivity index (χ2n) is 7.33. The number of carbonyl (C=O) groups excluding carboxylic acids is 1. The Kier molecular flexibility index (Phi) is 5.70. The molecule has 2 heterocycles. The molecule has 1 saturated heterocycles. The van der Waals surface area contributed by atoms with Crippen molar-refractivity contribution < 1.29 is 9.53 Å². The first kappa shape index (κ1) is 18.9. The lowest BCUT2D eigenvalue weighted by Gasteiger charge is -2.30. The maximum absolute atomic E-state index is 12.7. The van der Waals surface area contributed by atoms with Crippen LogP contribution >= 0.6 is 0 Å². The number of rotatable bonds is 5. The first-order valence-corrected chi connectivity index (χ1v) is 9.89. The largest absolute Gasteiger partial charge is 0.455 e. The number of nitrogens with one attached hydrogen (secondary N) is 1. The van der Waals surface area contributed by atoms with E-state index in [9.17, 15) is 4.79 Å². The molecule has 0 saturated carbocycles. The molecule has 1 fully saturated rings. The van der Waals surface area contributed by atoms with Gasteiger partial charge in [0, 0.05) is 25.5 Å². The average molecular weight is 388 g/mol. The molecule has 1 atom stereocenters. The molecule has 0 aliphatic carbocycles. The zero-order valence-corrected chi connectivity index (χ0v) is 16.4. The van der Waals surface area contributed by atoms with E-state index in [2.05, 4.69) is 27.1 Å². The van der Waals surface area contributed by atoms with Gasteiger partial charge in [-0.1, -0.05) is 37.3 Å². The van der Waals surface area contributed by atoms with Gasteiger partial charge < -0.3 is 15.0 Å². The number of anilines is 2. The number of ether oxygens (including phenoxy) is 1. The van der Waals surface area contributed by atoms with Crippen LogP contribution in [-0.2, 0) is 0 Å². The third kappa shape index (κ3) is 4.71. The summed E-state index contributed by atoms with van der Waals surface area (Å²) in [6.45, 7) is 4.15. The molecular weight excluding hydrogens is 364 g/mol. The van der Waals surface area contributed by atoms with E-state index in [1.807, 2.05) is 48.5 Å². The first-order chi connectivity index (χ1) is 14.2. The van der Waals surface area contributed by atoms with Crippen LogP contribution in [0.1, 0.15) is 30.1 Å². The minimum atomic E-state index is -0.271. The second kappa shape index (κ2) is 8.73. The summed E-state index contributed by atoms with van der Waals surface area (Å²) in [5.41, 5.74) is 1.00. The van der Waals surface area contributed by atoms with Crippen molar-refractivity contribution in [2.75, 3.05) is 23.3 Å². The van der Waals surface area contributed by atoms with Crippen LogP contribution in [0.2, 0.25) is 0 Å². The predicted octanol–water partition coefficient (Wildman–Crippen LogP) is 4.76. The summed E-state index contributed by atoms with van der Waals surface area (Å²) in [6.07, 6.45) is 5.54. The van der Waals surface area contributed by atoms with Gasteiger partial charge in [0.2, 0.25) is 5.95 Å². The van der Waals surface area contributed by atoms with Gasteiger partial charge in [0.15, 0.2) is 5.75 Å². The molecule has 0 bridgehead atoms. The Morgan fingerprint density at radius 3 is 2.55 bits per heavy atom. The van der Waals surface area contributed by atoms with Gasteiger partial charge in [0.1, 0.15) is 5.75 Å². The average Bonchev–Trinajstić information content (AvgIpc) is 2.76. The summed E-state index contributed by atoms with van der Waals surface area (Å²) in [5, 5.41) is 2.90. The Labute approximate surface area is 170 Å². The van der Waals surface area contributed by atoms with Crippen molar-refractivity contribution in [3.63, 3.8) is 0 Å². The predicted molar refractivity (Wildman–Crippen MR) is 114 cm³/mol.